The summed E-state index contributed by atoms with van der Waals surface area (Å²) in [5.74, 6) is 0. The molecule has 2 heteroatoms. The normalized spacial score (nSPS) is 23.1. The van der Waals surface area contributed by atoms with Crippen LogP contribution in [0.1, 0.15) is 0 Å². The van der Waals surface area contributed by atoms with Crippen molar-refractivity contribution in [3.8, 4) is 0 Å². The lowest BCUT2D eigenvalue weighted by molar-refractivity contribution is 1.26. The molecule has 0 unspecified atom stereocenters. The first-order chi connectivity index (χ1) is 5.31. The molecule has 0 amide bonds. The van der Waals surface area contributed by atoms with E-state index in [9.17, 15) is 0 Å². The van der Waals surface area contributed by atoms with Gasteiger partial charge in [0.1, 0.15) is 0 Å². The van der Waals surface area contributed by atoms with Crippen LogP contribution in [0.3, 0.4) is 0 Å². The molecule has 0 radical (unpaired) electrons. The van der Waals surface area contributed by atoms with Gasteiger partial charge >= 0.3 is 0 Å². The molecule has 0 saturated heterocycles. The third kappa shape index (κ3) is 2.45. The second kappa shape index (κ2) is 3.00. The summed E-state index contributed by atoms with van der Waals surface area (Å²) in [6.45, 7) is 12.1. The Hall–Kier alpha value is -0.0862. The molecule has 0 aromatic rings. The van der Waals surface area contributed by atoms with E-state index in [0.717, 1.165) is 5.54 Å². The molecule has 0 fully saturated rings. The van der Waals surface area contributed by atoms with E-state index in [1.165, 1.54) is 0 Å². The second-order valence-corrected chi connectivity index (χ2v) is 15.1. The molecule has 0 aromatic carbocycles. The predicted molar refractivity (Wildman–Crippen MR) is 62.9 cm³/mol. The van der Waals surface area contributed by atoms with Crippen LogP contribution in [-0.4, -0.2) is 16.1 Å². The summed E-state index contributed by atoms with van der Waals surface area (Å²) in [5.41, 5.74) is 5.74. The summed E-state index contributed by atoms with van der Waals surface area (Å²) in [6, 6.07) is 0. The average molecular weight is 196 g/mol. The highest BCUT2D eigenvalue weighted by molar-refractivity contribution is 6.88. The fourth-order valence-electron chi connectivity index (χ4n) is 1.40. The predicted octanol–water partition coefficient (Wildman–Crippen LogP) is 3.61. The van der Waals surface area contributed by atoms with Crippen LogP contribution in [0.2, 0.25) is 38.3 Å². The summed E-state index contributed by atoms with van der Waals surface area (Å²) in [4.78, 5) is 0. The number of hydrogen-bond acceptors (Lipinski definition) is 0. The van der Waals surface area contributed by atoms with Gasteiger partial charge in [-0.2, -0.15) is 0 Å². The van der Waals surface area contributed by atoms with Crippen molar-refractivity contribution in [2.75, 3.05) is 0 Å². The summed E-state index contributed by atoms with van der Waals surface area (Å²) in [7, 11) is -2.02. The molecular formula is C10H20Si2. The van der Waals surface area contributed by atoms with Gasteiger partial charge in [-0.05, 0) is 5.54 Å². The fraction of sp³-hybridized carbons (Fsp3) is 0.600. The van der Waals surface area contributed by atoms with Crippen molar-refractivity contribution in [2.24, 2.45) is 0 Å². The zero-order valence-corrected chi connectivity index (χ0v) is 10.9. The van der Waals surface area contributed by atoms with E-state index in [1.807, 2.05) is 0 Å². The summed E-state index contributed by atoms with van der Waals surface area (Å²) in [5, 5.41) is 0. The van der Waals surface area contributed by atoms with Crippen molar-refractivity contribution >= 4 is 16.1 Å². The fourth-order valence-corrected chi connectivity index (χ4v) is 4.65. The van der Waals surface area contributed by atoms with E-state index in [-0.39, 0.29) is 0 Å². The number of hydrogen-bond donors (Lipinski definition) is 0. The highest BCUT2D eigenvalue weighted by Gasteiger charge is 2.26. The van der Waals surface area contributed by atoms with Crippen LogP contribution in [0.15, 0.2) is 23.6 Å². The first-order valence-corrected chi connectivity index (χ1v) is 11.4. The zero-order valence-electron chi connectivity index (χ0n) is 8.89. The quantitative estimate of drug-likeness (QED) is 0.562. The maximum absolute atomic E-state index is 2.48. The number of rotatable bonds is 1. The van der Waals surface area contributed by atoms with Gasteiger partial charge in [-0.3, -0.25) is 0 Å². The van der Waals surface area contributed by atoms with Crippen LogP contribution in [0.4, 0.5) is 0 Å². The standard InChI is InChI=1S/C10H20Si2/c1-11(2,3)10-6-8-12(4,5)9-7-10/h6-10H,1-5H3. The van der Waals surface area contributed by atoms with Gasteiger partial charge < -0.3 is 0 Å². The Kier molecular flexibility index (Phi) is 2.50. The Morgan fingerprint density at radius 2 is 1.42 bits per heavy atom. The number of allylic oxidation sites excluding steroid dienone is 2. The van der Waals surface area contributed by atoms with Crippen LogP contribution in [0.25, 0.3) is 0 Å². The minimum Gasteiger partial charge on any atom is -0.0945 e. The minimum atomic E-state index is -1.05. The van der Waals surface area contributed by atoms with E-state index in [1.54, 1.807) is 0 Å². The highest BCUT2D eigenvalue weighted by Crippen LogP contribution is 2.29. The van der Waals surface area contributed by atoms with Gasteiger partial charge in [0.2, 0.25) is 0 Å². The smallest absolute Gasteiger partial charge is 0.0945 e. The van der Waals surface area contributed by atoms with Crippen molar-refractivity contribution < 1.29 is 0 Å². The SMILES string of the molecule is C[Si]1(C)C=CC([Si](C)(C)C)C=C1. The van der Waals surface area contributed by atoms with Crippen LogP contribution < -0.4 is 0 Å². The largest absolute Gasteiger partial charge is 0.0947 e. The lowest BCUT2D eigenvalue weighted by Crippen LogP contribution is -2.30. The van der Waals surface area contributed by atoms with Crippen LogP contribution in [-0.2, 0) is 0 Å². The van der Waals surface area contributed by atoms with Gasteiger partial charge in [0, 0.05) is 0 Å². The van der Waals surface area contributed by atoms with Gasteiger partial charge in [0.25, 0.3) is 0 Å². The van der Waals surface area contributed by atoms with E-state index in [2.05, 4.69) is 56.3 Å². The zero-order chi connectivity index (χ0) is 9.41. The summed E-state index contributed by atoms with van der Waals surface area (Å²) >= 11 is 0. The molecule has 1 rings (SSSR count). The molecule has 0 spiro atoms. The Morgan fingerprint density at radius 1 is 1.00 bits per heavy atom. The molecule has 1 aliphatic heterocycles. The molecule has 0 bridgehead atoms. The van der Waals surface area contributed by atoms with Gasteiger partial charge in [-0.25, -0.2) is 0 Å². The molecular weight excluding hydrogens is 176 g/mol. The van der Waals surface area contributed by atoms with Gasteiger partial charge in [0.15, 0.2) is 0 Å². The average Bonchev–Trinajstić information content (AvgIpc) is 1.83. The summed E-state index contributed by atoms with van der Waals surface area (Å²) < 4.78 is 0. The Balaban J connectivity index is 2.75. The highest BCUT2D eigenvalue weighted by atomic mass is 28.3. The van der Waals surface area contributed by atoms with E-state index < -0.39 is 16.1 Å². The van der Waals surface area contributed by atoms with Crippen molar-refractivity contribution in [3.05, 3.63) is 23.6 Å². The van der Waals surface area contributed by atoms with E-state index >= 15 is 0 Å². The Morgan fingerprint density at radius 3 is 1.75 bits per heavy atom. The van der Waals surface area contributed by atoms with Crippen molar-refractivity contribution in [3.63, 3.8) is 0 Å². The van der Waals surface area contributed by atoms with E-state index in [0.29, 0.717) is 0 Å². The second-order valence-electron chi connectivity index (χ2n) is 5.43. The third-order valence-corrected chi connectivity index (χ3v) is 6.95. The molecule has 0 nitrogen and oxygen atoms in total. The topological polar surface area (TPSA) is 0 Å². The maximum atomic E-state index is 2.48. The van der Waals surface area contributed by atoms with Gasteiger partial charge in [-0.1, -0.05) is 56.3 Å². The van der Waals surface area contributed by atoms with Crippen molar-refractivity contribution in [1.82, 2.24) is 0 Å². The van der Waals surface area contributed by atoms with Crippen molar-refractivity contribution in [1.29, 1.82) is 0 Å². The lowest BCUT2D eigenvalue weighted by Gasteiger charge is -2.28. The molecule has 0 saturated carbocycles. The van der Waals surface area contributed by atoms with Crippen LogP contribution in [0, 0.1) is 0 Å². The van der Waals surface area contributed by atoms with E-state index in [4.69, 9.17) is 0 Å². The molecule has 0 N–H and O–H groups in total. The molecule has 12 heavy (non-hydrogen) atoms. The van der Waals surface area contributed by atoms with Gasteiger partial charge in [-0.15, -0.1) is 0 Å². The first kappa shape index (κ1) is 10.00. The van der Waals surface area contributed by atoms with Crippen molar-refractivity contribution in [2.45, 2.75) is 38.3 Å². The van der Waals surface area contributed by atoms with Gasteiger partial charge in [0.05, 0.1) is 16.1 Å². The minimum absolute atomic E-state index is 0.776. The summed E-state index contributed by atoms with van der Waals surface area (Å²) in [6.07, 6.45) is 4.91. The maximum Gasteiger partial charge on any atom is 0.0947 e. The lowest BCUT2D eigenvalue weighted by atomic mass is 10.4. The molecule has 1 heterocycles. The molecule has 68 valence electrons. The van der Waals surface area contributed by atoms with Crippen LogP contribution in [0.5, 0.6) is 0 Å². The Labute approximate surface area is 78.4 Å². The first-order valence-electron chi connectivity index (χ1n) is 4.70. The third-order valence-electron chi connectivity index (χ3n) is 2.47. The molecule has 0 aliphatic carbocycles. The molecule has 1 aliphatic rings. The molecule has 0 aromatic heterocycles. The van der Waals surface area contributed by atoms with Crippen LogP contribution >= 0.6 is 0 Å². The molecule has 0 atom stereocenters. The monoisotopic (exact) mass is 196 g/mol. The Bertz CT molecular complexity index is 202.